The molecular formula is C19H25F3N2O6S. The monoisotopic (exact) mass is 466 g/mol. The number of carbonyl (C=O) groups excluding carboxylic acids is 2. The molecule has 0 bridgehead atoms. The summed E-state index contributed by atoms with van der Waals surface area (Å²) in [6, 6.07) is 3.56. The highest BCUT2D eigenvalue weighted by Gasteiger charge is 2.38. The molecule has 1 atom stereocenters. The highest BCUT2D eigenvalue weighted by molar-refractivity contribution is 7.85. The highest BCUT2D eigenvalue weighted by atomic mass is 32.2. The van der Waals surface area contributed by atoms with Gasteiger partial charge in [-0.15, -0.1) is 0 Å². The lowest BCUT2D eigenvalue weighted by Crippen LogP contribution is -2.59. The zero-order valence-electron chi connectivity index (χ0n) is 17.6. The summed E-state index contributed by atoms with van der Waals surface area (Å²) in [5.74, 6) is -0.592. The molecule has 8 nitrogen and oxygen atoms in total. The van der Waals surface area contributed by atoms with E-state index in [0.29, 0.717) is 0 Å². The molecule has 1 unspecified atom stereocenters. The van der Waals surface area contributed by atoms with Crippen LogP contribution in [0, 0.1) is 0 Å². The van der Waals surface area contributed by atoms with Gasteiger partial charge in [0.1, 0.15) is 12.1 Å². The van der Waals surface area contributed by atoms with Gasteiger partial charge in [0, 0.05) is 12.2 Å². The Kier molecular flexibility index (Phi) is 7.26. The van der Waals surface area contributed by atoms with Crippen LogP contribution in [0.25, 0.3) is 0 Å². The van der Waals surface area contributed by atoms with Crippen LogP contribution in [0.5, 0.6) is 0 Å². The molecule has 174 valence electrons. The average Bonchev–Trinajstić information content (AvgIpc) is 2.59. The molecule has 0 radical (unpaired) electrons. The molecule has 31 heavy (non-hydrogen) atoms. The predicted molar refractivity (Wildman–Crippen MR) is 106 cm³/mol. The summed E-state index contributed by atoms with van der Waals surface area (Å²) in [5, 5.41) is 0. The summed E-state index contributed by atoms with van der Waals surface area (Å²) in [4.78, 5) is 27.5. The Morgan fingerprint density at radius 1 is 1.23 bits per heavy atom. The molecule has 0 saturated carbocycles. The van der Waals surface area contributed by atoms with E-state index in [9.17, 15) is 31.2 Å². The fourth-order valence-corrected chi connectivity index (χ4v) is 3.39. The second-order valence-electron chi connectivity index (χ2n) is 8.13. The van der Waals surface area contributed by atoms with Gasteiger partial charge in [0.05, 0.1) is 24.5 Å². The first-order valence-electron chi connectivity index (χ1n) is 9.38. The number of hydrogen-bond donors (Lipinski definition) is 0. The summed E-state index contributed by atoms with van der Waals surface area (Å²) < 4.78 is 71.7. The maximum absolute atomic E-state index is 13.1. The van der Waals surface area contributed by atoms with E-state index >= 15 is 0 Å². The number of alkyl halides is 3. The van der Waals surface area contributed by atoms with Gasteiger partial charge in [0.15, 0.2) is 0 Å². The molecule has 1 heterocycles. The molecule has 0 N–H and O–H groups in total. The van der Waals surface area contributed by atoms with Crippen molar-refractivity contribution in [1.82, 2.24) is 4.90 Å². The van der Waals surface area contributed by atoms with Gasteiger partial charge in [-0.25, -0.2) is 4.79 Å². The number of hydrogen-bond acceptors (Lipinski definition) is 6. The zero-order valence-corrected chi connectivity index (χ0v) is 18.4. The van der Waals surface area contributed by atoms with Gasteiger partial charge in [0.2, 0.25) is 5.91 Å². The van der Waals surface area contributed by atoms with Gasteiger partial charge < -0.3 is 9.64 Å². The normalized spacial score (nSPS) is 18.3. The van der Waals surface area contributed by atoms with E-state index < -0.39 is 52.0 Å². The van der Waals surface area contributed by atoms with E-state index in [1.165, 1.54) is 12.1 Å². The van der Waals surface area contributed by atoms with Gasteiger partial charge in [-0.1, -0.05) is 6.07 Å². The summed E-state index contributed by atoms with van der Waals surface area (Å²) >= 11 is 0. The van der Waals surface area contributed by atoms with Crippen LogP contribution in [0.4, 0.5) is 23.7 Å². The summed E-state index contributed by atoms with van der Waals surface area (Å²) in [7, 11) is -3.73. The number of carbonyl (C=O) groups is 2. The number of benzene rings is 1. The minimum atomic E-state index is -4.58. The molecule has 1 aromatic carbocycles. The third kappa shape index (κ3) is 7.39. The van der Waals surface area contributed by atoms with Crippen LogP contribution >= 0.6 is 0 Å². The standard InChI is InChI=1S/C19H25F3N2O6S/c1-18(2,3)30-17(26)24-12-16(25)23(11-15(24)8-9-29-31(4,27)28)14-7-5-6-13(10-14)19(20,21)22/h5-7,10,15H,8-9,11-12H2,1-4H3. The molecule has 2 rings (SSSR count). The van der Waals surface area contributed by atoms with E-state index in [4.69, 9.17) is 8.92 Å². The first kappa shape index (κ1) is 24.9. The molecule has 1 aromatic rings. The van der Waals surface area contributed by atoms with Gasteiger partial charge in [-0.05, 0) is 45.4 Å². The molecule has 1 saturated heterocycles. The maximum Gasteiger partial charge on any atom is 0.416 e. The minimum Gasteiger partial charge on any atom is -0.444 e. The van der Waals surface area contributed by atoms with Crippen LogP contribution < -0.4 is 4.90 Å². The molecule has 0 aromatic heterocycles. The van der Waals surface area contributed by atoms with Crippen molar-refractivity contribution in [2.24, 2.45) is 0 Å². The van der Waals surface area contributed by atoms with Crippen molar-refractivity contribution in [3.8, 4) is 0 Å². The van der Waals surface area contributed by atoms with E-state index in [2.05, 4.69) is 0 Å². The molecule has 0 spiro atoms. The molecule has 0 aliphatic carbocycles. The van der Waals surface area contributed by atoms with Crippen LogP contribution in [0.15, 0.2) is 24.3 Å². The average molecular weight is 466 g/mol. The third-order valence-corrected chi connectivity index (χ3v) is 4.90. The lowest BCUT2D eigenvalue weighted by molar-refractivity contribution is -0.137. The Bertz CT molecular complexity index is 927. The molecule has 12 heteroatoms. The number of halogens is 3. The van der Waals surface area contributed by atoms with Crippen LogP contribution in [0.2, 0.25) is 0 Å². The first-order chi connectivity index (χ1) is 14.1. The van der Waals surface area contributed by atoms with Gasteiger partial charge >= 0.3 is 12.3 Å². The van der Waals surface area contributed by atoms with E-state index in [-0.39, 0.29) is 25.3 Å². The summed E-state index contributed by atoms with van der Waals surface area (Å²) in [5.41, 5.74) is -1.73. The molecule has 1 fully saturated rings. The number of rotatable bonds is 5. The quantitative estimate of drug-likeness (QED) is 0.620. The lowest BCUT2D eigenvalue weighted by Gasteiger charge is -2.41. The third-order valence-electron chi connectivity index (χ3n) is 4.30. The van der Waals surface area contributed by atoms with Crippen molar-refractivity contribution in [3.05, 3.63) is 29.8 Å². The smallest absolute Gasteiger partial charge is 0.416 e. The number of nitrogens with zero attached hydrogens (tertiary/aromatic N) is 2. The summed E-state index contributed by atoms with van der Waals surface area (Å²) in [6.07, 6.45) is -4.47. The van der Waals surface area contributed by atoms with Crippen molar-refractivity contribution < 1.29 is 40.1 Å². The van der Waals surface area contributed by atoms with Gasteiger partial charge in [-0.3, -0.25) is 13.9 Å². The second kappa shape index (κ2) is 9.03. The van der Waals surface area contributed by atoms with E-state index in [1.54, 1.807) is 20.8 Å². The Balaban J connectivity index is 2.29. The van der Waals surface area contributed by atoms with Crippen molar-refractivity contribution in [2.75, 3.05) is 30.9 Å². The lowest BCUT2D eigenvalue weighted by atomic mass is 10.1. The fraction of sp³-hybridized carbons (Fsp3) is 0.579. The molecular weight excluding hydrogens is 441 g/mol. The first-order valence-corrected chi connectivity index (χ1v) is 11.2. The minimum absolute atomic E-state index is 0.0229. The van der Waals surface area contributed by atoms with Crippen molar-refractivity contribution in [3.63, 3.8) is 0 Å². The van der Waals surface area contributed by atoms with Gasteiger partial charge in [0.25, 0.3) is 10.1 Å². The van der Waals surface area contributed by atoms with Crippen molar-refractivity contribution >= 4 is 27.8 Å². The number of piperazine rings is 1. The highest BCUT2D eigenvalue weighted by Crippen LogP contribution is 2.32. The number of ether oxygens (including phenoxy) is 1. The molecule has 2 amide bonds. The predicted octanol–water partition coefficient (Wildman–Crippen LogP) is 3.02. The Labute approximate surface area is 179 Å². The van der Waals surface area contributed by atoms with Crippen LogP contribution in [0.3, 0.4) is 0 Å². The fourth-order valence-electron chi connectivity index (χ4n) is 2.99. The molecule has 1 aliphatic heterocycles. The SMILES string of the molecule is CC(C)(C)OC(=O)N1CC(=O)N(c2cccc(C(F)(F)F)c2)CC1CCOS(C)(=O)=O. The van der Waals surface area contributed by atoms with E-state index in [1.807, 2.05) is 0 Å². The summed E-state index contributed by atoms with van der Waals surface area (Å²) in [6.45, 7) is 4.09. The van der Waals surface area contributed by atoms with Crippen LogP contribution in [-0.2, 0) is 30.0 Å². The Hall–Kier alpha value is -2.34. The zero-order chi connectivity index (χ0) is 23.6. The van der Waals surface area contributed by atoms with Crippen molar-refractivity contribution in [2.45, 2.75) is 45.0 Å². The van der Waals surface area contributed by atoms with Crippen LogP contribution in [0.1, 0.15) is 32.8 Å². The van der Waals surface area contributed by atoms with Crippen molar-refractivity contribution in [1.29, 1.82) is 0 Å². The largest absolute Gasteiger partial charge is 0.444 e. The Morgan fingerprint density at radius 2 is 1.87 bits per heavy atom. The number of anilines is 1. The van der Waals surface area contributed by atoms with Gasteiger partial charge in [-0.2, -0.15) is 21.6 Å². The maximum atomic E-state index is 13.1. The second-order valence-corrected chi connectivity index (χ2v) is 9.77. The topological polar surface area (TPSA) is 93.2 Å². The van der Waals surface area contributed by atoms with Crippen LogP contribution in [-0.4, -0.2) is 62.9 Å². The van der Waals surface area contributed by atoms with E-state index in [0.717, 1.165) is 28.2 Å². The number of amides is 2. The Morgan fingerprint density at radius 3 is 2.42 bits per heavy atom. The molecule has 1 aliphatic rings.